The Kier molecular flexibility index (Phi) is 10.1. The van der Waals surface area contributed by atoms with Crippen LogP contribution in [0.1, 0.15) is 31.8 Å². The van der Waals surface area contributed by atoms with Crippen LogP contribution in [0.4, 0.5) is 11.4 Å². The lowest BCUT2D eigenvalue weighted by atomic mass is 10.1. The number of hydrogen-bond donors (Lipinski definition) is 4. The van der Waals surface area contributed by atoms with Crippen LogP contribution in [-0.2, 0) is 9.59 Å². The Morgan fingerprint density at radius 3 is 2.26 bits per heavy atom. The van der Waals surface area contributed by atoms with E-state index in [4.69, 9.17) is 11.6 Å². The van der Waals surface area contributed by atoms with Crippen molar-refractivity contribution in [1.29, 1.82) is 0 Å². The molecule has 4 rings (SSSR count). The molecule has 0 aliphatic rings. The number of aromatic carboxylic acids is 1. The number of carbonyl (C=O) groups is 4. The second kappa shape index (κ2) is 14.2. The van der Waals surface area contributed by atoms with Crippen LogP contribution < -0.4 is 16.0 Å². The van der Waals surface area contributed by atoms with Crippen molar-refractivity contribution < 1.29 is 24.3 Å². The average molecular weight is 600 g/mol. The maximum absolute atomic E-state index is 13.2. The number of benzene rings is 4. The van der Waals surface area contributed by atoms with Crippen LogP contribution in [0.5, 0.6) is 0 Å². The Labute approximate surface area is 251 Å². The van der Waals surface area contributed by atoms with Gasteiger partial charge in [0, 0.05) is 26.9 Å². The number of nitrogens with one attached hydrogen (secondary N) is 3. The summed E-state index contributed by atoms with van der Waals surface area (Å²) in [6.45, 7) is 1.78. The molecule has 0 radical (unpaired) electrons. The van der Waals surface area contributed by atoms with E-state index < -0.39 is 17.8 Å². The summed E-state index contributed by atoms with van der Waals surface area (Å²) in [5.41, 5.74) is 2.84. The summed E-state index contributed by atoms with van der Waals surface area (Å²) < 4.78 is 0. The molecule has 0 bridgehead atoms. The quantitative estimate of drug-likeness (QED) is 0.122. The standard InChI is InChI=1S/C32H26ClN3O5S/c1-20-10-11-23(32(40)41)18-27(20)35-29(37)19-42-26-14-12-25(13-15-26)34-31(39)28(17-21-6-5-9-24(33)16-21)36-30(38)22-7-3-2-4-8-22/h2-18H,19H2,1H3,(H,34,39)(H,35,37)(H,36,38)(H,40,41)/b28-17-. The zero-order valence-corrected chi connectivity index (χ0v) is 24.0. The van der Waals surface area contributed by atoms with E-state index in [1.165, 1.54) is 23.9 Å². The Morgan fingerprint density at radius 1 is 0.833 bits per heavy atom. The number of halogens is 1. The zero-order valence-electron chi connectivity index (χ0n) is 22.4. The van der Waals surface area contributed by atoms with Crippen molar-refractivity contribution >= 4 is 64.5 Å². The lowest BCUT2D eigenvalue weighted by Gasteiger charge is -2.12. The minimum absolute atomic E-state index is 0.0310. The van der Waals surface area contributed by atoms with Crippen molar-refractivity contribution in [2.24, 2.45) is 0 Å². The Bertz CT molecular complexity index is 1660. The van der Waals surface area contributed by atoms with E-state index in [1.807, 2.05) is 0 Å². The molecule has 0 fully saturated rings. The lowest BCUT2D eigenvalue weighted by molar-refractivity contribution is -0.114. The molecular weight excluding hydrogens is 574 g/mol. The first-order chi connectivity index (χ1) is 20.2. The van der Waals surface area contributed by atoms with Crippen molar-refractivity contribution in [3.05, 3.63) is 130 Å². The van der Waals surface area contributed by atoms with E-state index in [0.29, 0.717) is 27.5 Å². The fraction of sp³-hybridized carbons (Fsp3) is 0.0625. The number of anilines is 2. The van der Waals surface area contributed by atoms with Gasteiger partial charge in [-0.2, -0.15) is 0 Å². The number of thioether (sulfide) groups is 1. The molecular formula is C32H26ClN3O5S. The molecule has 42 heavy (non-hydrogen) atoms. The fourth-order valence-corrected chi connectivity index (χ4v) is 4.66. The highest BCUT2D eigenvalue weighted by atomic mass is 35.5. The third kappa shape index (κ3) is 8.57. The number of hydrogen-bond acceptors (Lipinski definition) is 5. The number of rotatable bonds is 10. The Balaban J connectivity index is 1.40. The monoisotopic (exact) mass is 599 g/mol. The van der Waals surface area contributed by atoms with Gasteiger partial charge in [-0.1, -0.05) is 48.0 Å². The maximum atomic E-state index is 13.2. The molecule has 4 aromatic carbocycles. The number of carboxylic acid groups (broad SMARTS) is 1. The molecule has 4 N–H and O–H groups in total. The van der Waals surface area contributed by atoms with Crippen molar-refractivity contribution in [1.82, 2.24) is 5.32 Å². The van der Waals surface area contributed by atoms with Gasteiger partial charge in [-0.25, -0.2) is 4.79 Å². The second-order valence-corrected chi connectivity index (χ2v) is 10.6. The molecule has 0 unspecified atom stereocenters. The van der Waals surface area contributed by atoms with Gasteiger partial charge in [-0.3, -0.25) is 14.4 Å². The first-order valence-electron chi connectivity index (χ1n) is 12.7. The Hall–Kier alpha value is -4.86. The molecule has 0 aliphatic carbocycles. The van der Waals surface area contributed by atoms with Gasteiger partial charge in [0.05, 0.1) is 11.3 Å². The molecule has 8 nitrogen and oxygen atoms in total. The third-order valence-corrected chi connectivity index (χ3v) is 7.18. The van der Waals surface area contributed by atoms with Gasteiger partial charge in [0.2, 0.25) is 5.91 Å². The van der Waals surface area contributed by atoms with E-state index in [0.717, 1.165) is 10.5 Å². The van der Waals surface area contributed by atoms with Gasteiger partial charge in [-0.15, -0.1) is 11.8 Å². The summed E-state index contributed by atoms with van der Waals surface area (Å²) in [4.78, 5) is 50.5. The van der Waals surface area contributed by atoms with Gasteiger partial charge in [0.25, 0.3) is 11.8 Å². The van der Waals surface area contributed by atoms with E-state index >= 15 is 0 Å². The molecule has 4 aromatic rings. The highest BCUT2D eigenvalue weighted by molar-refractivity contribution is 8.00. The van der Waals surface area contributed by atoms with Crippen LogP contribution in [0.2, 0.25) is 5.02 Å². The summed E-state index contributed by atoms with van der Waals surface area (Å²) in [6, 6.07) is 26.9. The van der Waals surface area contributed by atoms with Crippen LogP contribution in [0.3, 0.4) is 0 Å². The lowest BCUT2D eigenvalue weighted by Crippen LogP contribution is -2.30. The highest BCUT2D eigenvalue weighted by Crippen LogP contribution is 2.23. The summed E-state index contributed by atoms with van der Waals surface area (Å²) in [7, 11) is 0. The van der Waals surface area contributed by atoms with Gasteiger partial charge in [-0.05, 0) is 84.8 Å². The maximum Gasteiger partial charge on any atom is 0.335 e. The first kappa shape index (κ1) is 30.1. The van der Waals surface area contributed by atoms with Crippen molar-refractivity contribution in [2.75, 3.05) is 16.4 Å². The van der Waals surface area contributed by atoms with Gasteiger partial charge in [0.1, 0.15) is 5.70 Å². The first-order valence-corrected chi connectivity index (χ1v) is 14.1. The van der Waals surface area contributed by atoms with E-state index in [-0.39, 0.29) is 22.9 Å². The van der Waals surface area contributed by atoms with Crippen LogP contribution in [0.15, 0.2) is 108 Å². The molecule has 0 heterocycles. The smallest absolute Gasteiger partial charge is 0.335 e. The molecule has 0 aliphatic heterocycles. The van der Waals surface area contributed by atoms with E-state index in [2.05, 4.69) is 16.0 Å². The fourth-order valence-electron chi connectivity index (χ4n) is 3.76. The summed E-state index contributed by atoms with van der Waals surface area (Å²) >= 11 is 7.38. The minimum atomic E-state index is -1.07. The predicted octanol–water partition coefficient (Wildman–Crippen LogP) is 6.49. The molecule has 212 valence electrons. The number of carbonyl (C=O) groups excluding carboxylic acids is 3. The summed E-state index contributed by atoms with van der Waals surface area (Å²) in [6.07, 6.45) is 1.54. The minimum Gasteiger partial charge on any atom is -0.478 e. The predicted molar refractivity (Wildman–Crippen MR) is 166 cm³/mol. The van der Waals surface area contributed by atoms with Crippen LogP contribution in [0.25, 0.3) is 6.08 Å². The summed E-state index contributed by atoms with van der Waals surface area (Å²) in [5.74, 6) is -2.22. The highest BCUT2D eigenvalue weighted by Gasteiger charge is 2.16. The topological polar surface area (TPSA) is 125 Å². The molecule has 3 amide bonds. The number of aryl methyl sites for hydroxylation is 1. The van der Waals surface area contributed by atoms with Crippen LogP contribution >= 0.6 is 23.4 Å². The normalized spacial score (nSPS) is 11.0. The SMILES string of the molecule is Cc1ccc(C(=O)O)cc1NC(=O)CSc1ccc(NC(=O)/C(=C/c2cccc(Cl)c2)NC(=O)c2ccccc2)cc1. The second-order valence-electron chi connectivity index (χ2n) is 9.08. The third-order valence-electron chi connectivity index (χ3n) is 5.93. The van der Waals surface area contributed by atoms with Crippen LogP contribution in [0, 0.1) is 6.92 Å². The molecule has 0 saturated carbocycles. The number of carboxylic acids is 1. The van der Waals surface area contributed by atoms with Crippen LogP contribution in [-0.4, -0.2) is 34.6 Å². The van der Waals surface area contributed by atoms with Crippen molar-refractivity contribution in [3.63, 3.8) is 0 Å². The number of amides is 3. The largest absolute Gasteiger partial charge is 0.478 e. The molecule has 0 spiro atoms. The van der Waals surface area contributed by atoms with E-state index in [9.17, 15) is 24.3 Å². The van der Waals surface area contributed by atoms with Gasteiger partial charge >= 0.3 is 5.97 Å². The van der Waals surface area contributed by atoms with Crippen molar-refractivity contribution in [2.45, 2.75) is 11.8 Å². The Morgan fingerprint density at radius 2 is 1.57 bits per heavy atom. The molecule has 0 aromatic heterocycles. The molecule has 10 heteroatoms. The zero-order chi connectivity index (χ0) is 30.1. The average Bonchev–Trinajstić information content (AvgIpc) is 2.98. The van der Waals surface area contributed by atoms with Crippen molar-refractivity contribution in [3.8, 4) is 0 Å². The van der Waals surface area contributed by atoms with Gasteiger partial charge < -0.3 is 21.1 Å². The molecule has 0 saturated heterocycles. The summed E-state index contributed by atoms with van der Waals surface area (Å²) in [5, 5.41) is 17.9. The van der Waals surface area contributed by atoms with E-state index in [1.54, 1.807) is 97.9 Å². The van der Waals surface area contributed by atoms with Gasteiger partial charge in [0.15, 0.2) is 0 Å². The molecule has 0 atom stereocenters.